The summed E-state index contributed by atoms with van der Waals surface area (Å²) in [5.74, 6) is 2.07. The first-order valence-electron chi connectivity index (χ1n) is 14.6. The van der Waals surface area contributed by atoms with Crippen LogP contribution in [0.3, 0.4) is 0 Å². The van der Waals surface area contributed by atoms with Crippen LogP contribution in [0, 0.1) is 5.92 Å². The molecule has 0 aromatic heterocycles. The van der Waals surface area contributed by atoms with E-state index in [9.17, 15) is 0 Å². The lowest BCUT2D eigenvalue weighted by Crippen LogP contribution is -2.23. The zero-order valence-electron chi connectivity index (χ0n) is 22.0. The van der Waals surface area contributed by atoms with Crippen LogP contribution in [0.5, 0.6) is 5.75 Å². The van der Waals surface area contributed by atoms with Gasteiger partial charge in [-0.25, -0.2) is 0 Å². The van der Waals surface area contributed by atoms with Gasteiger partial charge in [0.15, 0.2) is 0 Å². The molecule has 0 bridgehead atoms. The van der Waals surface area contributed by atoms with Crippen LogP contribution < -0.4 is 4.74 Å². The van der Waals surface area contributed by atoms with Crippen LogP contribution in [0.4, 0.5) is 0 Å². The number of ether oxygens (including phenoxy) is 1. The molecule has 39 heavy (non-hydrogen) atoms. The van der Waals surface area contributed by atoms with E-state index in [0.717, 1.165) is 25.0 Å². The SMILES string of the molecule is C1=CCC2Oc3ccc(C4=CCCC([C@@H]5C=Cc6ccc7cccc8c7c6C5CC8)=C4)c4cccc(c34)C2=C1. The Labute approximate surface area is 229 Å². The molecule has 0 amide bonds. The van der Waals surface area contributed by atoms with Gasteiger partial charge in [0.2, 0.25) is 0 Å². The van der Waals surface area contributed by atoms with Crippen molar-refractivity contribution in [3.05, 3.63) is 131 Å². The van der Waals surface area contributed by atoms with E-state index in [2.05, 4.69) is 103 Å². The van der Waals surface area contributed by atoms with Crippen LogP contribution in [0.25, 0.3) is 38.8 Å². The molecule has 4 aliphatic carbocycles. The summed E-state index contributed by atoms with van der Waals surface area (Å²) < 4.78 is 6.51. The Balaban J connectivity index is 1.15. The topological polar surface area (TPSA) is 9.23 Å². The number of fused-ring (bicyclic) bond motifs is 2. The molecule has 0 N–H and O–H groups in total. The van der Waals surface area contributed by atoms with Gasteiger partial charge in [-0.1, -0.05) is 103 Å². The quantitative estimate of drug-likeness (QED) is 0.265. The van der Waals surface area contributed by atoms with Crippen molar-refractivity contribution < 1.29 is 4.74 Å². The highest BCUT2D eigenvalue weighted by Gasteiger charge is 2.34. The van der Waals surface area contributed by atoms with Crippen LogP contribution in [0.15, 0.2) is 103 Å². The monoisotopic (exact) mass is 502 g/mol. The molecule has 9 rings (SSSR count). The fraction of sp³-hybridized carbons (Fsp3) is 0.211. The number of benzene rings is 4. The van der Waals surface area contributed by atoms with E-state index in [4.69, 9.17) is 4.74 Å². The number of rotatable bonds is 2. The molecule has 1 heterocycles. The third-order valence-electron chi connectivity index (χ3n) is 9.79. The Hall–Kier alpha value is -4.10. The molecule has 188 valence electrons. The first-order chi connectivity index (χ1) is 19.3. The molecular formula is C38H30O. The molecule has 0 saturated heterocycles. The fourth-order valence-electron chi connectivity index (χ4n) is 8.07. The lowest BCUT2D eigenvalue weighted by molar-refractivity contribution is 0.260. The number of hydrogen-bond acceptors (Lipinski definition) is 1. The molecule has 0 radical (unpaired) electrons. The van der Waals surface area contributed by atoms with Crippen molar-refractivity contribution in [3.63, 3.8) is 0 Å². The van der Waals surface area contributed by atoms with Crippen molar-refractivity contribution in [2.24, 2.45) is 5.92 Å². The maximum Gasteiger partial charge on any atom is 0.128 e. The molecule has 0 spiro atoms. The van der Waals surface area contributed by atoms with Crippen molar-refractivity contribution in [2.75, 3.05) is 0 Å². The summed E-state index contributed by atoms with van der Waals surface area (Å²) >= 11 is 0. The van der Waals surface area contributed by atoms with Crippen molar-refractivity contribution in [3.8, 4) is 5.75 Å². The van der Waals surface area contributed by atoms with E-state index >= 15 is 0 Å². The lowest BCUT2D eigenvalue weighted by atomic mass is 9.67. The predicted molar refractivity (Wildman–Crippen MR) is 163 cm³/mol. The summed E-state index contributed by atoms with van der Waals surface area (Å²) in [6, 6.07) is 22.8. The Morgan fingerprint density at radius 2 is 1.82 bits per heavy atom. The number of aryl methyl sites for hydroxylation is 1. The summed E-state index contributed by atoms with van der Waals surface area (Å²) in [6.45, 7) is 0. The second kappa shape index (κ2) is 8.20. The Morgan fingerprint density at radius 3 is 2.82 bits per heavy atom. The van der Waals surface area contributed by atoms with E-state index in [-0.39, 0.29) is 6.10 Å². The molecule has 0 fully saturated rings. The van der Waals surface area contributed by atoms with Gasteiger partial charge in [-0.05, 0) is 87.2 Å². The van der Waals surface area contributed by atoms with Crippen LogP contribution in [0.1, 0.15) is 59.4 Å². The zero-order chi connectivity index (χ0) is 25.5. The van der Waals surface area contributed by atoms with Gasteiger partial charge in [0.05, 0.1) is 0 Å². The zero-order valence-corrected chi connectivity index (χ0v) is 22.0. The van der Waals surface area contributed by atoms with Crippen molar-refractivity contribution >= 4 is 38.8 Å². The van der Waals surface area contributed by atoms with Crippen LogP contribution in [0.2, 0.25) is 0 Å². The maximum atomic E-state index is 6.51. The van der Waals surface area contributed by atoms with E-state index in [1.54, 1.807) is 11.1 Å². The smallest absolute Gasteiger partial charge is 0.128 e. The minimum Gasteiger partial charge on any atom is -0.485 e. The highest BCUT2D eigenvalue weighted by molar-refractivity contribution is 6.06. The highest BCUT2D eigenvalue weighted by Crippen LogP contribution is 2.50. The standard InChI is InChI=1S/C38H30O/c1-2-13-34-30(10-1)32-12-5-11-31-29(20-21-35(39-34)38(31)32)27-9-4-8-26(22-27)28-18-16-25-15-14-23-6-3-7-24-17-19-33(28)37(25)36(23)24/h1-3,5-7,9-12,14-16,18,20-22,28,33-34H,4,8,13,17,19H2/t28-,33?,34?/m0/s1. The molecule has 2 unspecified atom stereocenters. The Kier molecular flexibility index (Phi) is 4.58. The molecule has 5 aliphatic rings. The van der Waals surface area contributed by atoms with Gasteiger partial charge in [0.1, 0.15) is 11.9 Å². The van der Waals surface area contributed by atoms with E-state index < -0.39 is 0 Å². The van der Waals surface area contributed by atoms with Gasteiger partial charge in [0.25, 0.3) is 0 Å². The second-order valence-corrected chi connectivity index (χ2v) is 11.8. The van der Waals surface area contributed by atoms with E-state index in [0.29, 0.717) is 11.8 Å². The minimum absolute atomic E-state index is 0.132. The third kappa shape index (κ3) is 3.13. The van der Waals surface area contributed by atoms with Gasteiger partial charge >= 0.3 is 0 Å². The Bertz CT molecular complexity index is 1870. The lowest BCUT2D eigenvalue weighted by Gasteiger charge is -2.37. The van der Waals surface area contributed by atoms with Gasteiger partial charge in [0, 0.05) is 23.3 Å². The number of hydrogen-bond donors (Lipinski definition) is 0. The maximum absolute atomic E-state index is 6.51. The van der Waals surface area contributed by atoms with Crippen molar-refractivity contribution in [2.45, 2.75) is 44.1 Å². The average Bonchev–Trinajstić information content (AvgIpc) is 3.00. The fourth-order valence-corrected chi connectivity index (χ4v) is 8.07. The van der Waals surface area contributed by atoms with Crippen LogP contribution in [-0.4, -0.2) is 6.10 Å². The molecule has 1 aliphatic heterocycles. The van der Waals surface area contributed by atoms with Gasteiger partial charge in [-0.2, -0.15) is 0 Å². The molecule has 3 atom stereocenters. The van der Waals surface area contributed by atoms with Crippen molar-refractivity contribution in [1.29, 1.82) is 0 Å². The first-order valence-corrected chi connectivity index (χ1v) is 14.6. The number of allylic oxidation sites excluding steroid dienone is 7. The van der Waals surface area contributed by atoms with Gasteiger partial charge in [-0.15, -0.1) is 0 Å². The molecule has 0 saturated carbocycles. The summed E-state index contributed by atoms with van der Waals surface area (Å²) in [4.78, 5) is 0. The molecular weight excluding hydrogens is 472 g/mol. The first kappa shape index (κ1) is 21.8. The minimum atomic E-state index is 0.132. The summed E-state index contributed by atoms with van der Waals surface area (Å²) in [7, 11) is 0. The van der Waals surface area contributed by atoms with Gasteiger partial charge < -0.3 is 4.74 Å². The van der Waals surface area contributed by atoms with Gasteiger partial charge in [-0.3, -0.25) is 0 Å². The molecule has 1 nitrogen and oxygen atoms in total. The molecule has 4 aromatic carbocycles. The molecule has 4 aromatic rings. The largest absolute Gasteiger partial charge is 0.485 e. The third-order valence-corrected chi connectivity index (χ3v) is 9.79. The van der Waals surface area contributed by atoms with E-state index in [1.807, 2.05) is 0 Å². The van der Waals surface area contributed by atoms with Crippen LogP contribution >= 0.6 is 0 Å². The Morgan fingerprint density at radius 1 is 0.846 bits per heavy atom. The molecule has 1 heteroatoms. The summed E-state index contributed by atoms with van der Waals surface area (Å²) in [6.07, 6.45) is 22.3. The average molecular weight is 503 g/mol. The predicted octanol–water partition coefficient (Wildman–Crippen LogP) is 9.57. The highest BCUT2D eigenvalue weighted by atomic mass is 16.5. The normalized spacial score (nSPS) is 24.1. The summed E-state index contributed by atoms with van der Waals surface area (Å²) in [5.41, 5.74) is 11.5. The van der Waals surface area contributed by atoms with Crippen molar-refractivity contribution in [1.82, 2.24) is 0 Å². The summed E-state index contributed by atoms with van der Waals surface area (Å²) in [5, 5.41) is 5.51. The second-order valence-electron chi connectivity index (χ2n) is 11.8. The van der Waals surface area contributed by atoms with Crippen LogP contribution in [-0.2, 0) is 6.42 Å². The van der Waals surface area contributed by atoms with E-state index in [1.165, 1.54) is 67.8 Å².